The summed E-state index contributed by atoms with van der Waals surface area (Å²) in [5.41, 5.74) is 3.46. The highest BCUT2D eigenvalue weighted by atomic mass is 35.5. The van der Waals surface area contributed by atoms with E-state index in [1.807, 2.05) is 39.0 Å². The SMILES string of the molecule is Cc1cc(CC(C)(C)C(=O)O)cc(Nc2cc(Oc3cc(Cl)c(C)nc3C)ccn2)c1. The van der Waals surface area contributed by atoms with Gasteiger partial charge in [0, 0.05) is 24.0 Å². The van der Waals surface area contributed by atoms with Gasteiger partial charge < -0.3 is 15.2 Å². The Kier molecular flexibility index (Phi) is 6.51. The van der Waals surface area contributed by atoms with Crippen LogP contribution in [0.5, 0.6) is 11.5 Å². The van der Waals surface area contributed by atoms with E-state index >= 15 is 0 Å². The number of nitrogens with zero attached hydrogens (tertiary/aromatic N) is 2. The van der Waals surface area contributed by atoms with Gasteiger partial charge in [0.25, 0.3) is 0 Å². The molecule has 7 heteroatoms. The molecule has 0 aliphatic heterocycles. The van der Waals surface area contributed by atoms with Crippen molar-refractivity contribution in [1.82, 2.24) is 9.97 Å². The molecule has 0 saturated carbocycles. The molecule has 6 nitrogen and oxygen atoms in total. The van der Waals surface area contributed by atoms with Crippen LogP contribution in [0.4, 0.5) is 11.5 Å². The van der Waals surface area contributed by atoms with Crippen LogP contribution >= 0.6 is 11.6 Å². The number of carboxylic acid groups (broad SMARTS) is 1. The highest BCUT2D eigenvalue weighted by Crippen LogP contribution is 2.30. The van der Waals surface area contributed by atoms with Crippen molar-refractivity contribution in [2.75, 3.05) is 5.32 Å². The number of aryl methyl sites for hydroxylation is 3. The molecular weight excluding hydrogens is 414 g/mol. The van der Waals surface area contributed by atoms with E-state index < -0.39 is 11.4 Å². The van der Waals surface area contributed by atoms with Crippen molar-refractivity contribution in [3.63, 3.8) is 0 Å². The van der Waals surface area contributed by atoms with Crippen molar-refractivity contribution >= 4 is 29.1 Å². The normalized spacial score (nSPS) is 11.3. The number of hydrogen-bond donors (Lipinski definition) is 2. The van der Waals surface area contributed by atoms with Gasteiger partial charge in [-0.05, 0) is 70.4 Å². The van der Waals surface area contributed by atoms with Gasteiger partial charge in [-0.1, -0.05) is 17.7 Å². The van der Waals surface area contributed by atoms with E-state index in [0.717, 1.165) is 28.2 Å². The van der Waals surface area contributed by atoms with Crippen LogP contribution in [0.3, 0.4) is 0 Å². The largest absolute Gasteiger partial charge is 0.481 e. The molecule has 0 saturated heterocycles. The predicted octanol–water partition coefficient (Wildman–Crippen LogP) is 6.24. The van der Waals surface area contributed by atoms with E-state index in [2.05, 4.69) is 15.3 Å². The second kappa shape index (κ2) is 8.94. The number of pyridine rings is 2. The maximum absolute atomic E-state index is 11.5. The van der Waals surface area contributed by atoms with Crippen LogP contribution in [0.25, 0.3) is 0 Å². The number of anilines is 2. The summed E-state index contributed by atoms with van der Waals surface area (Å²) >= 11 is 6.18. The van der Waals surface area contributed by atoms with Crippen LogP contribution in [-0.2, 0) is 11.2 Å². The van der Waals surface area contributed by atoms with Crippen molar-refractivity contribution in [3.8, 4) is 11.5 Å². The molecule has 3 rings (SSSR count). The second-order valence-electron chi connectivity index (χ2n) is 8.32. The summed E-state index contributed by atoms with van der Waals surface area (Å²) in [6.07, 6.45) is 2.08. The van der Waals surface area contributed by atoms with E-state index in [1.54, 1.807) is 38.2 Å². The van der Waals surface area contributed by atoms with E-state index in [9.17, 15) is 9.90 Å². The van der Waals surface area contributed by atoms with Crippen molar-refractivity contribution in [2.24, 2.45) is 5.41 Å². The lowest BCUT2D eigenvalue weighted by atomic mass is 9.85. The molecule has 0 amide bonds. The molecule has 31 heavy (non-hydrogen) atoms. The van der Waals surface area contributed by atoms with Gasteiger partial charge in [0.2, 0.25) is 0 Å². The molecule has 0 atom stereocenters. The number of carbonyl (C=O) groups is 1. The van der Waals surface area contributed by atoms with E-state index in [1.165, 1.54) is 0 Å². The zero-order chi connectivity index (χ0) is 22.8. The molecule has 0 spiro atoms. The minimum absolute atomic E-state index is 0.426. The summed E-state index contributed by atoms with van der Waals surface area (Å²) < 4.78 is 5.97. The quantitative estimate of drug-likeness (QED) is 0.453. The Morgan fingerprint density at radius 1 is 1.13 bits per heavy atom. The molecule has 0 unspecified atom stereocenters. The third-order valence-corrected chi connectivity index (χ3v) is 5.27. The zero-order valence-electron chi connectivity index (χ0n) is 18.3. The molecule has 0 aliphatic rings. The number of hydrogen-bond acceptors (Lipinski definition) is 5. The first-order chi connectivity index (χ1) is 14.5. The molecule has 2 heterocycles. The van der Waals surface area contributed by atoms with Crippen LogP contribution in [0, 0.1) is 26.2 Å². The fourth-order valence-corrected chi connectivity index (χ4v) is 3.37. The lowest BCUT2D eigenvalue weighted by Crippen LogP contribution is -2.26. The first-order valence-corrected chi connectivity index (χ1v) is 10.3. The van der Waals surface area contributed by atoms with Crippen LogP contribution < -0.4 is 10.1 Å². The zero-order valence-corrected chi connectivity index (χ0v) is 19.0. The van der Waals surface area contributed by atoms with Crippen molar-refractivity contribution < 1.29 is 14.6 Å². The molecule has 0 aliphatic carbocycles. The van der Waals surface area contributed by atoms with Crippen LogP contribution in [0.15, 0.2) is 42.6 Å². The van der Waals surface area contributed by atoms with Gasteiger partial charge in [-0.25, -0.2) is 4.98 Å². The Labute approximate surface area is 187 Å². The van der Waals surface area contributed by atoms with E-state index in [0.29, 0.717) is 28.8 Å². The molecule has 2 aromatic heterocycles. The topological polar surface area (TPSA) is 84.3 Å². The molecule has 0 fully saturated rings. The highest BCUT2D eigenvalue weighted by Gasteiger charge is 2.27. The highest BCUT2D eigenvalue weighted by molar-refractivity contribution is 6.31. The summed E-state index contributed by atoms with van der Waals surface area (Å²) in [4.78, 5) is 20.2. The first kappa shape index (κ1) is 22.6. The Balaban J connectivity index is 1.81. The summed E-state index contributed by atoms with van der Waals surface area (Å²) in [7, 11) is 0. The Hall–Kier alpha value is -3.12. The van der Waals surface area contributed by atoms with Gasteiger partial charge in [-0.15, -0.1) is 0 Å². The standard InChI is InChI=1S/C24H26ClN3O3/c1-14-8-17(13-24(4,5)23(29)30)10-18(9-14)28-22-11-19(6-7-26-22)31-21-12-20(25)15(2)27-16(21)3/h6-12H,13H2,1-5H3,(H,26,28)(H,29,30). The summed E-state index contributed by atoms with van der Waals surface area (Å²) in [6.45, 7) is 9.14. The number of nitrogens with one attached hydrogen (secondary N) is 1. The average molecular weight is 440 g/mol. The molecule has 3 aromatic rings. The number of benzene rings is 1. The molecular formula is C24H26ClN3O3. The van der Waals surface area contributed by atoms with Crippen LogP contribution in [-0.4, -0.2) is 21.0 Å². The maximum atomic E-state index is 11.5. The molecule has 0 bridgehead atoms. The number of aliphatic carboxylic acids is 1. The van der Waals surface area contributed by atoms with Gasteiger partial charge in [0.15, 0.2) is 0 Å². The fourth-order valence-electron chi connectivity index (χ4n) is 3.23. The van der Waals surface area contributed by atoms with Gasteiger partial charge in [0.05, 0.1) is 21.8 Å². The number of carboxylic acids is 1. The molecule has 0 radical (unpaired) electrons. The lowest BCUT2D eigenvalue weighted by molar-refractivity contribution is -0.146. The van der Waals surface area contributed by atoms with E-state index in [4.69, 9.17) is 16.3 Å². The fraction of sp³-hybridized carbons (Fsp3) is 0.292. The average Bonchev–Trinajstić information content (AvgIpc) is 2.65. The van der Waals surface area contributed by atoms with Gasteiger partial charge in [-0.2, -0.15) is 0 Å². The number of halogens is 1. The van der Waals surface area contributed by atoms with Crippen molar-refractivity contribution in [1.29, 1.82) is 0 Å². The summed E-state index contributed by atoms with van der Waals surface area (Å²) in [6, 6.07) is 11.2. The molecule has 162 valence electrons. The minimum Gasteiger partial charge on any atom is -0.481 e. The molecule has 1 aromatic carbocycles. The van der Waals surface area contributed by atoms with Crippen molar-refractivity contribution in [3.05, 3.63) is 70.1 Å². The first-order valence-electron chi connectivity index (χ1n) is 9.92. The van der Waals surface area contributed by atoms with Gasteiger partial charge >= 0.3 is 5.97 Å². The maximum Gasteiger partial charge on any atom is 0.309 e. The molecule has 2 N–H and O–H groups in total. The van der Waals surface area contributed by atoms with E-state index in [-0.39, 0.29) is 0 Å². The smallest absolute Gasteiger partial charge is 0.309 e. The predicted molar refractivity (Wildman–Crippen MR) is 123 cm³/mol. The Morgan fingerprint density at radius 3 is 2.58 bits per heavy atom. The Bertz CT molecular complexity index is 1130. The van der Waals surface area contributed by atoms with Crippen LogP contribution in [0.2, 0.25) is 5.02 Å². The minimum atomic E-state index is -0.849. The third kappa shape index (κ3) is 5.73. The number of ether oxygens (including phenoxy) is 1. The van der Waals surface area contributed by atoms with Gasteiger partial charge in [0.1, 0.15) is 17.3 Å². The number of rotatable bonds is 7. The van der Waals surface area contributed by atoms with Crippen LogP contribution in [0.1, 0.15) is 36.4 Å². The summed E-state index contributed by atoms with van der Waals surface area (Å²) in [5.74, 6) is 0.968. The third-order valence-electron chi connectivity index (χ3n) is 4.89. The lowest BCUT2D eigenvalue weighted by Gasteiger charge is -2.20. The summed E-state index contributed by atoms with van der Waals surface area (Å²) in [5, 5.41) is 13.3. The Morgan fingerprint density at radius 2 is 1.87 bits per heavy atom. The van der Waals surface area contributed by atoms with Crippen molar-refractivity contribution in [2.45, 2.75) is 41.0 Å². The number of aromatic nitrogens is 2. The van der Waals surface area contributed by atoms with Gasteiger partial charge in [-0.3, -0.25) is 9.78 Å². The second-order valence-corrected chi connectivity index (χ2v) is 8.72. The monoisotopic (exact) mass is 439 g/mol.